The van der Waals surface area contributed by atoms with Gasteiger partial charge in [0, 0.05) is 13.1 Å². The first-order chi connectivity index (χ1) is 10.1. The summed E-state index contributed by atoms with van der Waals surface area (Å²) in [6.07, 6.45) is 3.05. The normalized spacial score (nSPS) is 16.8. The zero-order valence-corrected chi connectivity index (χ0v) is 11.8. The lowest BCUT2D eigenvalue weighted by Crippen LogP contribution is -2.43. The van der Waals surface area contributed by atoms with Crippen LogP contribution in [0.1, 0.15) is 18.6 Å². The Hall–Kier alpha value is -1.86. The molecule has 1 aliphatic heterocycles. The largest absolute Gasteiger partial charge is 0.480 e. The maximum Gasteiger partial charge on any atom is 0.329 e. The molecule has 1 saturated heterocycles. The van der Waals surface area contributed by atoms with Crippen molar-refractivity contribution in [2.45, 2.75) is 25.5 Å². The van der Waals surface area contributed by atoms with E-state index in [-0.39, 0.29) is 18.6 Å². The van der Waals surface area contributed by atoms with E-state index < -0.39 is 5.97 Å². The number of hydrogen-bond donors (Lipinski definition) is 2. The number of ether oxygens (including phenoxy) is 1. The highest BCUT2D eigenvalue weighted by atomic mass is 16.5. The van der Waals surface area contributed by atoms with Crippen LogP contribution in [0.25, 0.3) is 0 Å². The van der Waals surface area contributed by atoms with Gasteiger partial charge in [-0.3, -0.25) is 9.69 Å². The van der Waals surface area contributed by atoms with Crippen LogP contribution in [0.4, 0.5) is 0 Å². The molecule has 0 bridgehead atoms. The zero-order chi connectivity index (χ0) is 15.1. The molecule has 0 saturated carbocycles. The van der Waals surface area contributed by atoms with Crippen LogP contribution in [-0.2, 0) is 20.9 Å². The van der Waals surface area contributed by atoms with Crippen molar-refractivity contribution in [2.24, 2.45) is 0 Å². The molecule has 0 unspecified atom stereocenters. The van der Waals surface area contributed by atoms with Crippen molar-refractivity contribution in [1.82, 2.24) is 10.2 Å². The van der Waals surface area contributed by atoms with Gasteiger partial charge in [0.15, 0.2) is 0 Å². The van der Waals surface area contributed by atoms with E-state index in [4.69, 9.17) is 14.3 Å². The second kappa shape index (κ2) is 7.80. The Labute approximate surface area is 122 Å². The second-order valence-corrected chi connectivity index (χ2v) is 5.04. The van der Waals surface area contributed by atoms with E-state index in [0.717, 1.165) is 31.7 Å². The van der Waals surface area contributed by atoms with E-state index in [9.17, 15) is 9.59 Å². The first kappa shape index (κ1) is 15.5. The number of piperidine rings is 1. The first-order valence-corrected chi connectivity index (χ1v) is 6.98. The van der Waals surface area contributed by atoms with Crippen LogP contribution in [-0.4, -0.2) is 54.2 Å². The molecule has 1 fully saturated rings. The molecular weight excluding hydrogens is 276 g/mol. The predicted molar refractivity (Wildman–Crippen MR) is 73.6 cm³/mol. The summed E-state index contributed by atoms with van der Waals surface area (Å²) in [5.74, 6) is -0.268. The molecule has 0 spiro atoms. The number of nitrogens with zero attached hydrogens (tertiary/aromatic N) is 1. The van der Waals surface area contributed by atoms with Crippen LogP contribution >= 0.6 is 0 Å². The fraction of sp³-hybridized carbons (Fsp3) is 0.571. The third-order valence-corrected chi connectivity index (χ3v) is 3.38. The van der Waals surface area contributed by atoms with Gasteiger partial charge in [0.1, 0.15) is 12.4 Å². The zero-order valence-electron chi connectivity index (χ0n) is 11.8. The van der Waals surface area contributed by atoms with Gasteiger partial charge in [-0.15, -0.1) is 0 Å². The number of carboxylic acid groups (broad SMARTS) is 1. The maximum absolute atomic E-state index is 11.8. The molecule has 0 aromatic carbocycles. The minimum absolute atomic E-state index is 0.0245. The van der Waals surface area contributed by atoms with Crippen molar-refractivity contribution in [3.63, 3.8) is 0 Å². The molecule has 0 aliphatic carbocycles. The van der Waals surface area contributed by atoms with Crippen LogP contribution in [0.2, 0.25) is 0 Å². The standard InChI is InChI=1S/C14H20N2O5/c17-13(15-8-12-2-1-7-20-12)9-16-5-3-11(4-6-16)21-10-14(18)19/h1-2,7,11H,3-6,8-10H2,(H,15,17)(H,18,19). The molecule has 1 amide bonds. The summed E-state index contributed by atoms with van der Waals surface area (Å²) in [6, 6.07) is 3.59. The van der Waals surface area contributed by atoms with E-state index in [1.807, 2.05) is 11.0 Å². The number of furan rings is 1. The summed E-state index contributed by atoms with van der Waals surface area (Å²) in [5, 5.41) is 11.4. The molecular formula is C14H20N2O5. The van der Waals surface area contributed by atoms with Crippen LogP contribution in [0.3, 0.4) is 0 Å². The molecule has 7 heteroatoms. The predicted octanol–water partition coefficient (Wildman–Crippen LogP) is 0.461. The Bertz CT molecular complexity index is 452. The van der Waals surface area contributed by atoms with Gasteiger partial charge in [-0.2, -0.15) is 0 Å². The van der Waals surface area contributed by atoms with Crippen LogP contribution in [0.5, 0.6) is 0 Å². The summed E-state index contributed by atoms with van der Waals surface area (Å²) < 4.78 is 10.4. The van der Waals surface area contributed by atoms with E-state index in [1.165, 1.54) is 0 Å². The lowest BCUT2D eigenvalue weighted by Gasteiger charge is -2.30. The van der Waals surface area contributed by atoms with Gasteiger partial charge < -0.3 is 19.6 Å². The molecule has 2 N–H and O–H groups in total. The number of likely N-dealkylation sites (tertiary alicyclic amines) is 1. The summed E-state index contributed by atoms with van der Waals surface area (Å²) in [5.41, 5.74) is 0. The van der Waals surface area contributed by atoms with Crippen LogP contribution in [0.15, 0.2) is 22.8 Å². The van der Waals surface area contributed by atoms with Gasteiger partial charge in [0.25, 0.3) is 0 Å². The van der Waals surface area contributed by atoms with Gasteiger partial charge >= 0.3 is 5.97 Å². The van der Waals surface area contributed by atoms with E-state index in [0.29, 0.717) is 13.1 Å². The quantitative estimate of drug-likeness (QED) is 0.759. The Kier molecular flexibility index (Phi) is 5.77. The Balaban J connectivity index is 1.61. The van der Waals surface area contributed by atoms with Gasteiger partial charge in [0.05, 0.1) is 25.5 Å². The minimum Gasteiger partial charge on any atom is -0.480 e. The topological polar surface area (TPSA) is 92.0 Å². The molecule has 7 nitrogen and oxygen atoms in total. The Morgan fingerprint density at radius 1 is 1.43 bits per heavy atom. The molecule has 21 heavy (non-hydrogen) atoms. The Morgan fingerprint density at radius 3 is 2.81 bits per heavy atom. The SMILES string of the molecule is O=C(O)COC1CCN(CC(=O)NCc2ccco2)CC1. The van der Waals surface area contributed by atoms with Crippen molar-refractivity contribution < 1.29 is 23.8 Å². The smallest absolute Gasteiger partial charge is 0.329 e. The number of amides is 1. The minimum atomic E-state index is -0.949. The number of nitrogens with one attached hydrogen (secondary N) is 1. The monoisotopic (exact) mass is 296 g/mol. The molecule has 2 rings (SSSR count). The number of carbonyl (C=O) groups excluding carboxylic acids is 1. The highest BCUT2D eigenvalue weighted by Gasteiger charge is 2.21. The third-order valence-electron chi connectivity index (χ3n) is 3.38. The van der Waals surface area contributed by atoms with Gasteiger partial charge in [-0.1, -0.05) is 0 Å². The van der Waals surface area contributed by atoms with Crippen LogP contribution in [0, 0.1) is 0 Å². The molecule has 0 radical (unpaired) electrons. The summed E-state index contributed by atoms with van der Waals surface area (Å²) in [4.78, 5) is 24.3. The number of hydrogen-bond acceptors (Lipinski definition) is 5. The van der Waals surface area contributed by atoms with Crippen molar-refractivity contribution in [1.29, 1.82) is 0 Å². The summed E-state index contributed by atoms with van der Waals surface area (Å²) in [6.45, 7) is 1.95. The van der Waals surface area contributed by atoms with Crippen molar-refractivity contribution in [3.8, 4) is 0 Å². The molecule has 1 aromatic rings. The first-order valence-electron chi connectivity index (χ1n) is 6.98. The fourth-order valence-electron chi connectivity index (χ4n) is 2.28. The highest BCUT2D eigenvalue weighted by Crippen LogP contribution is 2.13. The molecule has 2 heterocycles. The third kappa shape index (κ3) is 5.57. The van der Waals surface area contributed by atoms with Gasteiger partial charge in [-0.25, -0.2) is 4.79 Å². The molecule has 1 aliphatic rings. The van der Waals surface area contributed by atoms with Crippen molar-refractivity contribution in [3.05, 3.63) is 24.2 Å². The van der Waals surface area contributed by atoms with E-state index in [1.54, 1.807) is 12.3 Å². The number of carboxylic acids is 1. The van der Waals surface area contributed by atoms with E-state index in [2.05, 4.69) is 5.32 Å². The average molecular weight is 296 g/mol. The van der Waals surface area contributed by atoms with Crippen LogP contribution < -0.4 is 5.32 Å². The molecule has 1 aromatic heterocycles. The van der Waals surface area contributed by atoms with E-state index >= 15 is 0 Å². The molecule has 116 valence electrons. The Morgan fingerprint density at radius 2 is 2.19 bits per heavy atom. The summed E-state index contributed by atoms with van der Waals surface area (Å²) in [7, 11) is 0. The van der Waals surface area contributed by atoms with Gasteiger partial charge in [-0.05, 0) is 25.0 Å². The van der Waals surface area contributed by atoms with Crippen molar-refractivity contribution in [2.75, 3.05) is 26.2 Å². The number of rotatable bonds is 7. The average Bonchev–Trinajstić information content (AvgIpc) is 2.98. The highest BCUT2D eigenvalue weighted by molar-refractivity contribution is 5.77. The lowest BCUT2D eigenvalue weighted by atomic mass is 10.1. The second-order valence-electron chi connectivity index (χ2n) is 5.04. The lowest BCUT2D eigenvalue weighted by molar-refractivity contribution is -0.145. The molecule has 0 atom stereocenters. The van der Waals surface area contributed by atoms with Gasteiger partial charge in [0.2, 0.25) is 5.91 Å². The van der Waals surface area contributed by atoms with Crippen molar-refractivity contribution >= 4 is 11.9 Å². The number of carbonyl (C=O) groups is 2. The number of aliphatic carboxylic acids is 1. The maximum atomic E-state index is 11.8. The fourth-order valence-corrected chi connectivity index (χ4v) is 2.28. The summed E-state index contributed by atoms with van der Waals surface area (Å²) >= 11 is 0.